The Hall–Kier alpha value is -3.36. The van der Waals surface area contributed by atoms with Crippen LogP contribution in [0.1, 0.15) is 42.5 Å². The molecule has 0 spiro atoms. The van der Waals surface area contributed by atoms with E-state index >= 15 is 0 Å². The number of carbonyl (C=O) groups excluding carboxylic acids is 2. The minimum absolute atomic E-state index is 0.0946. The number of nitrogens with one attached hydrogen (secondary N) is 1. The van der Waals surface area contributed by atoms with Gasteiger partial charge >= 0.3 is 0 Å². The average molecular weight is 584 g/mol. The number of hydrogen-bond acceptors (Lipinski definition) is 4. The number of sulfonamides is 1. The van der Waals surface area contributed by atoms with E-state index in [4.69, 9.17) is 11.6 Å². The van der Waals surface area contributed by atoms with Gasteiger partial charge in [-0.1, -0.05) is 79.2 Å². The number of amides is 2. The molecule has 0 bridgehead atoms. The van der Waals surface area contributed by atoms with Gasteiger partial charge in [0.05, 0.1) is 11.9 Å². The summed E-state index contributed by atoms with van der Waals surface area (Å²) >= 11 is 6.31. The summed E-state index contributed by atoms with van der Waals surface area (Å²) in [5.41, 5.74) is 3.59. The zero-order chi connectivity index (χ0) is 29.4. The van der Waals surface area contributed by atoms with E-state index in [0.29, 0.717) is 16.3 Å². The quantitative estimate of drug-likeness (QED) is 0.314. The molecule has 40 heavy (non-hydrogen) atoms. The highest BCUT2D eigenvalue weighted by Gasteiger charge is 2.34. The fourth-order valence-corrected chi connectivity index (χ4v) is 5.50. The SMILES string of the molecule is CC[C@@H](C)NC(=O)[C@H](Cc1ccccc1)N(Cc1ccccc1C)C(=O)CN(c1cccc(Cl)c1C)S(C)(=O)=O. The van der Waals surface area contributed by atoms with Crippen molar-refractivity contribution < 1.29 is 18.0 Å². The van der Waals surface area contributed by atoms with E-state index in [1.807, 2.05) is 75.4 Å². The van der Waals surface area contributed by atoms with E-state index in [0.717, 1.165) is 33.7 Å². The van der Waals surface area contributed by atoms with Crippen LogP contribution < -0.4 is 9.62 Å². The summed E-state index contributed by atoms with van der Waals surface area (Å²) in [5.74, 6) is -0.779. The summed E-state index contributed by atoms with van der Waals surface area (Å²) in [6, 6.07) is 21.1. The van der Waals surface area contributed by atoms with Crippen LogP contribution in [-0.4, -0.2) is 50.0 Å². The molecule has 214 valence electrons. The minimum Gasteiger partial charge on any atom is -0.352 e. The third-order valence-corrected chi connectivity index (χ3v) is 8.60. The topological polar surface area (TPSA) is 86.8 Å². The van der Waals surface area contributed by atoms with Crippen molar-refractivity contribution in [3.05, 3.63) is 100 Å². The lowest BCUT2D eigenvalue weighted by Crippen LogP contribution is -2.54. The molecule has 0 heterocycles. The highest BCUT2D eigenvalue weighted by atomic mass is 35.5. The number of carbonyl (C=O) groups is 2. The first kappa shape index (κ1) is 31.2. The van der Waals surface area contributed by atoms with Crippen LogP contribution in [0, 0.1) is 13.8 Å². The summed E-state index contributed by atoms with van der Waals surface area (Å²) in [7, 11) is -3.87. The van der Waals surface area contributed by atoms with Crippen molar-refractivity contribution in [3.63, 3.8) is 0 Å². The number of halogens is 1. The molecule has 0 aliphatic carbocycles. The molecule has 0 fully saturated rings. The Kier molecular flexibility index (Phi) is 10.8. The van der Waals surface area contributed by atoms with E-state index in [1.54, 1.807) is 25.1 Å². The molecular weight excluding hydrogens is 546 g/mol. The number of anilines is 1. The normalized spacial score (nSPS) is 12.8. The zero-order valence-electron chi connectivity index (χ0n) is 23.7. The van der Waals surface area contributed by atoms with E-state index in [1.165, 1.54) is 4.90 Å². The number of nitrogens with zero attached hydrogens (tertiary/aromatic N) is 2. The van der Waals surface area contributed by atoms with Gasteiger partial charge in [-0.15, -0.1) is 0 Å². The fourth-order valence-electron chi connectivity index (χ4n) is 4.43. The van der Waals surface area contributed by atoms with Gasteiger partial charge in [0.2, 0.25) is 21.8 Å². The Morgan fingerprint density at radius 2 is 1.60 bits per heavy atom. The van der Waals surface area contributed by atoms with Crippen LogP contribution in [0.2, 0.25) is 5.02 Å². The van der Waals surface area contributed by atoms with Crippen LogP contribution >= 0.6 is 11.6 Å². The van der Waals surface area contributed by atoms with Gasteiger partial charge in [-0.3, -0.25) is 13.9 Å². The van der Waals surface area contributed by atoms with Crippen molar-refractivity contribution in [2.24, 2.45) is 0 Å². The Bertz CT molecular complexity index is 1430. The minimum atomic E-state index is -3.87. The molecule has 9 heteroatoms. The van der Waals surface area contributed by atoms with Gasteiger partial charge in [-0.05, 0) is 61.6 Å². The largest absolute Gasteiger partial charge is 0.352 e. The zero-order valence-corrected chi connectivity index (χ0v) is 25.3. The third kappa shape index (κ3) is 8.08. The molecule has 0 saturated heterocycles. The van der Waals surface area contributed by atoms with Gasteiger partial charge < -0.3 is 10.2 Å². The van der Waals surface area contributed by atoms with E-state index < -0.39 is 28.5 Å². The van der Waals surface area contributed by atoms with Gasteiger partial charge in [0, 0.05) is 24.0 Å². The lowest BCUT2D eigenvalue weighted by atomic mass is 10.0. The second kappa shape index (κ2) is 13.8. The first-order chi connectivity index (χ1) is 18.9. The van der Waals surface area contributed by atoms with Crippen molar-refractivity contribution in [2.75, 3.05) is 17.1 Å². The van der Waals surface area contributed by atoms with E-state index in [-0.39, 0.29) is 24.9 Å². The molecule has 2 atom stereocenters. The van der Waals surface area contributed by atoms with Crippen LogP contribution in [0.4, 0.5) is 5.69 Å². The van der Waals surface area contributed by atoms with Gasteiger partial charge in [-0.2, -0.15) is 0 Å². The van der Waals surface area contributed by atoms with Crippen molar-refractivity contribution >= 4 is 39.1 Å². The maximum Gasteiger partial charge on any atom is 0.244 e. The predicted octanol–water partition coefficient (Wildman–Crippen LogP) is 5.28. The summed E-state index contributed by atoms with van der Waals surface area (Å²) in [6.07, 6.45) is 2.06. The number of rotatable bonds is 12. The van der Waals surface area contributed by atoms with Gasteiger partial charge in [-0.25, -0.2) is 8.42 Å². The Balaban J connectivity index is 2.10. The van der Waals surface area contributed by atoms with Crippen LogP contribution in [0.5, 0.6) is 0 Å². The van der Waals surface area contributed by atoms with Crippen molar-refractivity contribution in [1.82, 2.24) is 10.2 Å². The van der Waals surface area contributed by atoms with E-state index in [2.05, 4.69) is 5.32 Å². The number of aryl methyl sites for hydroxylation is 1. The number of benzene rings is 3. The molecule has 1 N–H and O–H groups in total. The average Bonchev–Trinajstić information content (AvgIpc) is 2.91. The van der Waals surface area contributed by atoms with Crippen molar-refractivity contribution in [3.8, 4) is 0 Å². The fraction of sp³-hybridized carbons (Fsp3) is 0.355. The Morgan fingerprint density at radius 1 is 0.950 bits per heavy atom. The first-order valence-electron chi connectivity index (χ1n) is 13.3. The molecule has 3 aromatic rings. The van der Waals surface area contributed by atoms with Gasteiger partial charge in [0.25, 0.3) is 0 Å². The summed E-state index contributed by atoms with van der Waals surface area (Å²) < 4.78 is 27.0. The first-order valence-corrected chi connectivity index (χ1v) is 15.6. The van der Waals surface area contributed by atoms with Crippen molar-refractivity contribution in [2.45, 2.75) is 59.2 Å². The third-order valence-electron chi connectivity index (χ3n) is 7.06. The maximum absolute atomic E-state index is 14.2. The molecule has 3 aromatic carbocycles. The summed E-state index contributed by atoms with van der Waals surface area (Å²) in [5, 5.41) is 3.43. The predicted molar refractivity (Wildman–Crippen MR) is 162 cm³/mol. The van der Waals surface area contributed by atoms with Crippen LogP contribution in [0.15, 0.2) is 72.8 Å². The molecule has 0 radical (unpaired) electrons. The van der Waals surface area contributed by atoms with Crippen LogP contribution in [0.25, 0.3) is 0 Å². The molecule has 3 rings (SSSR count). The molecule has 2 amide bonds. The molecular formula is C31H38ClN3O4S. The van der Waals surface area contributed by atoms with Gasteiger partial charge in [0.1, 0.15) is 12.6 Å². The molecule has 0 aliphatic heterocycles. The summed E-state index contributed by atoms with van der Waals surface area (Å²) in [4.78, 5) is 29.4. The Labute approximate surface area is 243 Å². The van der Waals surface area contributed by atoms with Gasteiger partial charge in [0.15, 0.2) is 0 Å². The molecule has 0 aromatic heterocycles. The monoisotopic (exact) mass is 583 g/mol. The standard InChI is InChI=1S/C31H38ClN3O4S/c1-6-23(3)33-31(37)29(19-25-14-8-7-9-15-25)34(20-26-16-11-10-13-22(26)2)30(36)21-35(40(5,38)39)28-18-12-17-27(32)24(28)4/h7-18,23,29H,6,19-21H2,1-5H3,(H,33,37)/t23-,29+/m1/s1. The van der Waals surface area contributed by atoms with Crippen molar-refractivity contribution in [1.29, 1.82) is 0 Å². The molecule has 0 aliphatic rings. The molecule has 7 nitrogen and oxygen atoms in total. The smallest absolute Gasteiger partial charge is 0.244 e. The second-order valence-electron chi connectivity index (χ2n) is 10.1. The Morgan fingerprint density at radius 3 is 2.23 bits per heavy atom. The van der Waals surface area contributed by atoms with Crippen LogP contribution in [0.3, 0.4) is 0 Å². The van der Waals surface area contributed by atoms with Crippen LogP contribution in [-0.2, 0) is 32.6 Å². The highest BCUT2D eigenvalue weighted by molar-refractivity contribution is 7.92. The number of hydrogen-bond donors (Lipinski definition) is 1. The lowest BCUT2D eigenvalue weighted by molar-refractivity contribution is -0.140. The lowest BCUT2D eigenvalue weighted by Gasteiger charge is -2.34. The molecule has 0 unspecified atom stereocenters. The second-order valence-corrected chi connectivity index (χ2v) is 12.4. The summed E-state index contributed by atoms with van der Waals surface area (Å²) in [6.45, 7) is 7.21. The van der Waals surface area contributed by atoms with E-state index in [9.17, 15) is 18.0 Å². The molecule has 0 saturated carbocycles. The highest BCUT2D eigenvalue weighted by Crippen LogP contribution is 2.29. The maximum atomic E-state index is 14.2.